The zero-order chi connectivity index (χ0) is 11.5. The Morgan fingerprint density at radius 2 is 2.25 bits per heavy atom. The van der Waals surface area contributed by atoms with Gasteiger partial charge in [-0.1, -0.05) is 6.08 Å². The van der Waals surface area contributed by atoms with Crippen LogP contribution >= 0.6 is 11.3 Å². The Bertz CT molecular complexity index is 454. The molecule has 16 heavy (non-hydrogen) atoms. The zero-order valence-corrected chi connectivity index (χ0v) is 10.1. The average Bonchev–Trinajstić information content (AvgIpc) is 2.59. The van der Waals surface area contributed by atoms with E-state index in [1.165, 1.54) is 11.3 Å². The minimum absolute atomic E-state index is 0.176. The molecule has 1 aromatic rings. The van der Waals surface area contributed by atoms with Crippen LogP contribution < -0.4 is 5.32 Å². The van der Waals surface area contributed by atoms with Crippen LogP contribution in [0.1, 0.15) is 23.4 Å². The lowest BCUT2D eigenvalue weighted by atomic mass is 10.2. The van der Waals surface area contributed by atoms with Crippen LogP contribution in [0.5, 0.6) is 0 Å². The first kappa shape index (κ1) is 11.0. The van der Waals surface area contributed by atoms with Crippen LogP contribution in [-0.2, 0) is 4.79 Å². The quantitative estimate of drug-likeness (QED) is 0.856. The molecule has 0 atom stereocenters. The SMILES string of the molecule is Cc1nc(NC(=O)C2=CCCC=N2)sc1C. The van der Waals surface area contributed by atoms with Crippen molar-refractivity contribution in [2.45, 2.75) is 26.7 Å². The number of carbonyl (C=O) groups excluding carboxylic acids is 1. The molecular formula is C11H13N3OS. The molecule has 1 N–H and O–H groups in total. The number of aliphatic imine (C=N–C) groups is 1. The third-order valence-corrected chi connectivity index (χ3v) is 3.33. The maximum atomic E-state index is 11.8. The molecule has 0 unspecified atom stereocenters. The second kappa shape index (κ2) is 4.57. The van der Waals surface area contributed by atoms with Crippen molar-refractivity contribution in [1.29, 1.82) is 0 Å². The number of nitrogens with zero attached hydrogens (tertiary/aromatic N) is 2. The monoisotopic (exact) mass is 235 g/mol. The molecule has 2 heterocycles. The lowest BCUT2D eigenvalue weighted by Crippen LogP contribution is -2.14. The van der Waals surface area contributed by atoms with Gasteiger partial charge in [-0.25, -0.2) is 4.98 Å². The lowest BCUT2D eigenvalue weighted by Gasteiger charge is -2.04. The van der Waals surface area contributed by atoms with E-state index in [4.69, 9.17) is 0 Å². The molecule has 1 amide bonds. The molecule has 5 heteroatoms. The third kappa shape index (κ3) is 2.36. The van der Waals surface area contributed by atoms with Crippen molar-refractivity contribution in [3.63, 3.8) is 0 Å². The van der Waals surface area contributed by atoms with E-state index in [1.54, 1.807) is 6.21 Å². The third-order valence-electron chi connectivity index (χ3n) is 2.35. The number of carbonyl (C=O) groups is 1. The standard InChI is InChI=1S/C11H13N3OS/c1-7-8(2)16-11(13-7)14-10(15)9-5-3-4-6-12-9/h5-6H,3-4H2,1-2H3,(H,13,14,15). The van der Waals surface area contributed by atoms with Crippen molar-refractivity contribution in [1.82, 2.24) is 4.98 Å². The smallest absolute Gasteiger partial charge is 0.275 e. The summed E-state index contributed by atoms with van der Waals surface area (Å²) in [6.45, 7) is 3.92. The summed E-state index contributed by atoms with van der Waals surface area (Å²) in [6, 6.07) is 0. The van der Waals surface area contributed by atoms with Crippen LogP contribution in [0.2, 0.25) is 0 Å². The topological polar surface area (TPSA) is 54.4 Å². The molecule has 0 saturated heterocycles. The van der Waals surface area contributed by atoms with E-state index in [2.05, 4.69) is 15.3 Å². The minimum Gasteiger partial charge on any atom is -0.296 e. The molecule has 1 aromatic heterocycles. The Morgan fingerprint density at radius 1 is 1.44 bits per heavy atom. The van der Waals surface area contributed by atoms with Gasteiger partial charge in [0.05, 0.1) is 5.69 Å². The maximum Gasteiger partial charge on any atom is 0.275 e. The molecule has 1 aliphatic rings. The first-order chi connectivity index (χ1) is 7.66. The van der Waals surface area contributed by atoms with Crippen LogP contribution in [-0.4, -0.2) is 17.1 Å². The Balaban J connectivity index is 2.07. The van der Waals surface area contributed by atoms with Crippen molar-refractivity contribution in [2.24, 2.45) is 4.99 Å². The van der Waals surface area contributed by atoms with Crippen molar-refractivity contribution in [3.8, 4) is 0 Å². The van der Waals surface area contributed by atoms with E-state index < -0.39 is 0 Å². The first-order valence-corrected chi connectivity index (χ1v) is 5.96. The lowest BCUT2D eigenvalue weighted by molar-refractivity contribution is -0.112. The van der Waals surface area contributed by atoms with Gasteiger partial charge in [0.15, 0.2) is 5.13 Å². The van der Waals surface area contributed by atoms with Crippen LogP contribution in [0.15, 0.2) is 16.8 Å². The summed E-state index contributed by atoms with van der Waals surface area (Å²) in [5, 5.41) is 3.40. The van der Waals surface area contributed by atoms with Crippen molar-refractivity contribution < 1.29 is 4.79 Å². The highest BCUT2D eigenvalue weighted by Crippen LogP contribution is 2.21. The number of hydrogen-bond acceptors (Lipinski definition) is 4. The van der Waals surface area contributed by atoms with Gasteiger partial charge in [-0.15, -0.1) is 11.3 Å². The normalized spacial score (nSPS) is 14.8. The molecule has 0 bridgehead atoms. The maximum absolute atomic E-state index is 11.8. The van der Waals surface area contributed by atoms with Gasteiger partial charge in [-0.2, -0.15) is 0 Å². The number of aryl methyl sites for hydroxylation is 2. The van der Waals surface area contributed by atoms with E-state index >= 15 is 0 Å². The van der Waals surface area contributed by atoms with Gasteiger partial charge in [0.2, 0.25) is 0 Å². The summed E-state index contributed by atoms with van der Waals surface area (Å²) in [5.41, 5.74) is 1.44. The van der Waals surface area contributed by atoms with Gasteiger partial charge in [0, 0.05) is 11.1 Å². The Labute approximate surface area is 98.1 Å². The van der Waals surface area contributed by atoms with Crippen molar-refractivity contribution in [3.05, 3.63) is 22.3 Å². The van der Waals surface area contributed by atoms with Gasteiger partial charge in [0.25, 0.3) is 5.91 Å². The molecule has 4 nitrogen and oxygen atoms in total. The number of amides is 1. The van der Waals surface area contributed by atoms with Gasteiger partial charge in [-0.05, 0) is 26.7 Å². The molecule has 84 valence electrons. The summed E-state index contributed by atoms with van der Waals surface area (Å²) in [4.78, 5) is 21.2. The van der Waals surface area contributed by atoms with E-state index in [-0.39, 0.29) is 5.91 Å². The summed E-state index contributed by atoms with van der Waals surface area (Å²) in [5.74, 6) is -0.176. The molecule has 0 fully saturated rings. The van der Waals surface area contributed by atoms with Crippen molar-refractivity contribution >= 4 is 28.6 Å². The Hall–Kier alpha value is -1.49. The summed E-state index contributed by atoms with van der Waals surface area (Å²) in [6.07, 6.45) is 5.41. The predicted octanol–water partition coefficient (Wildman–Crippen LogP) is 2.45. The van der Waals surface area contributed by atoms with E-state index in [0.717, 1.165) is 23.4 Å². The average molecular weight is 235 g/mol. The number of allylic oxidation sites excluding steroid dienone is 1. The fourth-order valence-corrected chi connectivity index (χ4v) is 2.16. The molecule has 2 rings (SSSR count). The van der Waals surface area contributed by atoms with Gasteiger partial charge in [-0.3, -0.25) is 15.1 Å². The van der Waals surface area contributed by atoms with Crippen LogP contribution in [0.25, 0.3) is 0 Å². The number of anilines is 1. The number of hydrogen-bond donors (Lipinski definition) is 1. The van der Waals surface area contributed by atoms with Gasteiger partial charge in [0.1, 0.15) is 5.70 Å². The highest BCUT2D eigenvalue weighted by molar-refractivity contribution is 7.15. The zero-order valence-electron chi connectivity index (χ0n) is 9.28. The number of aromatic nitrogens is 1. The first-order valence-electron chi connectivity index (χ1n) is 5.15. The summed E-state index contributed by atoms with van der Waals surface area (Å²) in [7, 11) is 0. The molecule has 1 aliphatic heterocycles. The van der Waals surface area contributed by atoms with E-state index in [9.17, 15) is 4.79 Å². The van der Waals surface area contributed by atoms with Gasteiger partial charge < -0.3 is 0 Å². The molecule has 0 saturated carbocycles. The second-order valence-corrected chi connectivity index (χ2v) is 4.80. The number of rotatable bonds is 2. The Morgan fingerprint density at radius 3 is 2.81 bits per heavy atom. The Kier molecular flexibility index (Phi) is 3.14. The number of nitrogens with one attached hydrogen (secondary N) is 1. The fraction of sp³-hybridized carbons (Fsp3) is 0.364. The largest absolute Gasteiger partial charge is 0.296 e. The summed E-state index contributed by atoms with van der Waals surface area (Å²) >= 11 is 1.48. The molecule has 0 spiro atoms. The highest BCUT2D eigenvalue weighted by atomic mass is 32.1. The molecule has 0 aromatic carbocycles. The van der Waals surface area contributed by atoms with E-state index in [0.29, 0.717) is 10.8 Å². The fourth-order valence-electron chi connectivity index (χ4n) is 1.35. The minimum atomic E-state index is -0.176. The van der Waals surface area contributed by atoms with Crippen LogP contribution in [0, 0.1) is 13.8 Å². The molecule has 0 aliphatic carbocycles. The molecule has 0 radical (unpaired) electrons. The number of thiazole rings is 1. The van der Waals surface area contributed by atoms with Crippen LogP contribution in [0.4, 0.5) is 5.13 Å². The van der Waals surface area contributed by atoms with Crippen LogP contribution in [0.3, 0.4) is 0 Å². The molecular weight excluding hydrogens is 222 g/mol. The second-order valence-electron chi connectivity index (χ2n) is 3.59. The summed E-state index contributed by atoms with van der Waals surface area (Å²) < 4.78 is 0. The van der Waals surface area contributed by atoms with Crippen molar-refractivity contribution in [2.75, 3.05) is 5.32 Å². The van der Waals surface area contributed by atoms with Gasteiger partial charge >= 0.3 is 0 Å². The highest BCUT2D eigenvalue weighted by Gasteiger charge is 2.12. The predicted molar refractivity (Wildman–Crippen MR) is 66.0 cm³/mol. The van der Waals surface area contributed by atoms with E-state index in [1.807, 2.05) is 19.9 Å².